The average Bonchev–Trinajstić information content (AvgIpc) is 3.01. The highest BCUT2D eigenvalue weighted by atomic mass is 79.9. The topological polar surface area (TPSA) is 67.9 Å². The van der Waals surface area contributed by atoms with Gasteiger partial charge in [0.1, 0.15) is 11.4 Å². The summed E-state index contributed by atoms with van der Waals surface area (Å²) in [5, 5.41) is 0. The van der Waals surface area contributed by atoms with Crippen LogP contribution < -0.4 is 10.5 Å². The molecule has 6 heteroatoms. The van der Waals surface area contributed by atoms with Gasteiger partial charge in [-0.3, -0.25) is 9.69 Å². The van der Waals surface area contributed by atoms with E-state index in [1.165, 1.54) is 4.90 Å². The number of halogens is 1. The van der Waals surface area contributed by atoms with Gasteiger partial charge in [-0.1, -0.05) is 15.9 Å². The van der Waals surface area contributed by atoms with Crippen LogP contribution in [0, 0.1) is 0 Å². The lowest BCUT2D eigenvalue weighted by Crippen LogP contribution is -2.50. The second kappa shape index (κ2) is 4.47. The lowest BCUT2D eigenvalue weighted by atomic mass is 9.75. The molecule has 2 heterocycles. The van der Waals surface area contributed by atoms with E-state index in [4.69, 9.17) is 10.5 Å². The van der Waals surface area contributed by atoms with Crippen LogP contribution in [-0.4, -0.2) is 29.4 Å². The van der Waals surface area contributed by atoms with Crippen molar-refractivity contribution in [2.45, 2.75) is 43.2 Å². The number of rotatable bonds is 0. The molecule has 0 bridgehead atoms. The normalized spacial score (nSPS) is 28.9. The second-order valence-electron chi connectivity index (χ2n) is 6.50. The number of hydrogen-bond donors (Lipinski definition) is 1. The van der Waals surface area contributed by atoms with Gasteiger partial charge in [-0.05, 0) is 43.9 Å². The van der Waals surface area contributed by atoms with Crippen molar-refractivity contribution < 1.29 is 9.53 Å². The van der Waals surface area contributed by atoms with E-state index in [0.29, 0.717) is 6.42 Å². The predicted molar refractivity (Wildman–Crippen MR) is 86.7 cm³/mol. The largest absolute Gasteiger partial charge is 0.487 e. The number of likely N-dealkylation sites (N-methyl/N-ethyl adjacent to an activating group) is 1. The highest BCUT2D eigenvalue weighted by Crippen LogP contribution is 2.53. The van der Waals surface area contributed by atoms with Crippen molar-refractivity contribution in [2.75, 3.05) is 7.05 Å². The molecule has 5 nitrogen and oxygen atoms in total. The molecule has 0 saturated heterocycles. The average molecular weight is 364 g/mol. The number of benzene rings is 1. The summed E-state index contributed by atoms with van der Waals surface area (Å²) in [6.07, 6.45) is 4.77. The quantitative estimate of drug-likeness (QED) is 0.769. The fraction of sp³-hybridized carbons (Fsp3) is 0.500. The molecule has 1 unspecified atom stereocenters. The zero-order chi connectivity index (χ0) is 15.5. The Morgan fingerprint density at radius 1 is 1.36 bits per heavy atom. The molecule has 0 radical (unpaired) electrons. The monoisotopic (exact) mass is 363 g/mol. The SMILES string of the molecule is CN1C(=O)C2(CC3(CCCC3)Oc3ccc(Br)cc32)N=C1N. The van der Waals surface area contributed by atoms with Crippen LogP contribution in [0.2, 0.25) is 0 Å². The molecular weight excluding hydrogens is 346 g/mol. The molecule has 1 atom stereocenters. The summed E-state index contributed by atoms with van der Waals surface area (Å²) in [6, 6.07) is 5.80. The Balaban J connectivity index is 1.94. The molecule has 1 aliphatic carbocycles. The van der Waals surface area contributed by atoms with Crippen LogP contribution >= 0.6 is 15.9 Å². The van der Waals surface area contributed by atoms with Crippen LogP contribution in [0.5, 0.6) is 5.75 Å². The molecule has 22 heavy (non-hydrogen) atoms. The number of carbonyl (C=O) groups is 1. The molecule has 2 spiro atoms. The molecule has 4 rings (SSSR count). The van der Waals surface area contributed by atoms with Gasteiger partial charge in [-0.25, -0.2) is 4.99 Å². The zero-order valence-electron chi connectivity index (χ0n) is 12.4. The van der Waals surface area contributed by atoms with Crippen LogP contribution in [0.1, 0.15) is 37.7 Å². The van der Waals surface area contributed by atoms with E-state index < -0.39 is 5.54 Å². The second-order valence-corrected chi connectivity index (χ2v) is 7.42. The van der Waals surface area contributed by atoms with Crippen LogP contribution in [-0.2, 0) is 10.3 Å². The minimum absolute atomic E-state index is 0.0566. The molecule has 116 valence electrons. The number of nitrogens with two attached hydrogens (primary N) is 1. The molecule has 1 fully saturated rings. The summed E-state index contributed by atoms with van der Waals surface area (Å²) in [5.74, 6) is 0.987. The fourth-order valence-corrected chi connectivity index (χ4v) is 4.39. The van der Waals surface area contributed by atoms with Crippen LogP contribution in [0.25, 0.3) is 0 Å². The van der Waals surface area contributed by atoms with E-state index in [2.05, 4.69) is 20.9 Å². The minimum atomic E-state index is -0.930. The van der Waals surface area contributed by atoms with Gasteiger partial charge in [0.15, 0.2) is 11.5 Å². The molecule has 3 aliphatic rings. The van der Waals surface area contributed by atoms with Gasteiger partial charge in [0, 0.05) is 23.5 Å². The Labute approximate surface area is 137 Å². The number of nitrogens with zero attached hydrogens (tertiary/aromatic N) is 2. The molecule has 1 saturated carbocycles. The Morgan fingerprint density at radius 2 is 2.09 bits per heavy atom. The van der Waals surface area contributed by atoms with Crippen molar-refractivity contribution in [1.82, 2.24) is 4.90 Å². The maximum atomic E-state index is 13.0. The molecule has 0 aromatic heterocycles. The summed E-state index contributed by atoms with van der Waals surface area (Å²) in [4.78, 5) is 19.0. The number of aliphatic imine (C=N–C) groups is 1. The first-order chi connectivity index (χ1) is 10.5. The van der Waals surface area contributed by atoms with Gasteiger partial charge in [-0.15, -0.1) is 0 Å². The Kier molecular flexibility index (Phi) is 2.86. The zero-order valence-corrected chi connectivity index (χ0v) is 14.0. The van der Waals surface area contributed by atoms with Crippen LogP contribution in [0.15, 0.2) is 27.7 Å². The third-order valence-electron chi connectivity index (χ3n) is 5.11. The number of fused-ring (bicyclic) bond motifs is 2. The van der Waals surface area contributed by atoms with Gasteiger partial charge >= 0.3 is 0 Å². The lowest BCUT2D eigenvalue weighted by Gasteiger charge is -2.43. The fourth-order valence-electron chi connectivity index (χ4n) is 4.03. The van der Waals surface area contributed by atoms with Crippen molar-refractivity contribution in [3.8, 4) is 5.75 Å². The highest BCUT2D eigenvalue weighted by molar-refractivity contribution is 9.10. The van der Waals surface area contributed by atoms with Crippen LogP contribution in [0.3, 0.4) is 0 Å². The molecule has 1 amide bonds. The van der Waals surface area contributed by atoms with Crippen molar-refractivity contribution in [2.24, 2.45) is 10.7 Å². The first kappa shape index (κ1) is 14.1. The minimum Gasteiger partial charge on any atom is -0.487 e. The van der Waals surface area contributed by atoms with Gasteiger partial charge in [-0.2, -0.15) is 0 Å². The van der Waals surface area contributed by atoms with E-state index in [0.717, 1.165) is 41.5 Å². The third kappa shape index (κ3) is 1.76. The number of carbonyl (C=O) groups excluding carboxylic acids is 1. The number of ether oxygens (including phenoxy) is 1. The number of guanidine groups is 1. The summed E-state index contributed by atoms with van der Waals surface area (Å²) in [5.41, 5.74) is 5.56. The van der Waals surface area contributed by atoms with Crippen molar-refractivity contribution >= 4 is 27.8 Å². The first-order valence-electron chi connectivity index (χ1n) is 7.58. The molecule has 2 aliphatic heterocycles. The summed E-state index contributed by atoms with van der Waals surface area (Å²) >= 11 is 3.49. The highest BCUT2D eigenvalue weighted by Gasteiger charge is 2.58. The standard InChI is InChI=1S/C16H18BrN3O2/c1-20-13(21)16(19-14(20)18)9-15(6-2-3-7-15)22-12-5-4-10(17)8-11(12)16/h4-5,8H,2-3,6-7,9H2,1H3,(H2,18,19). The summed E-state index contributed by atoms with van der Waals surface area (Å²) in [6.45, 7) is 0. The molecule has 2 N–H and O–H groups in total. The van der Waals surface area contributed by atoms with Gasteiger partial charge in [0.05, 0.1) is 0 Å². The molecular formula is C16H18BrN3O2. The molecule has 1 aromatic carbocycles. The van der Waals surface area contributed by atoms with Crippen molar-refractivity contribution in [1.29, 1.82) is 0 Å². The summed E-state index contributed by atoms with van der Waals surface area (Å²) in [7, 11) is 1.68. The number of amides is 1. The van der Waals surface area contributed by atoms with Gasteiger partial charge in [0.25, 0.3) is 5.91 Å². The number of hydrogen-bond acceptors (Lipinski definition) is 4. The van der Waals surface area contributed by atoms with Crippen molar-refractivity contribution in [3.63, 3.8) is 0 Å². The predicted octanol–water partition coefficient (Wildman–Crippen LogP) is 2.53. The van der Waals surface area contributed by atoms with Crippen LogP contribution in [0.4, 0.5) is 0 Å². The van der Waals surface area contributed by atoms with E-state index in [-0.39, 0.29) is 17.5 Å². The van der Waals surface area contributed by atoms with E-state index in [9.17, 15) is 4.79 Å². The summed E-state index contributed by atoms with van der Waals surface area (Å²) < 4.78 is 7.25. The van der Waals surface area contributed by atoms with E-state index >= 15 is 0 Å². The third-order valence-corrected chi connectivity index (χ3v) is 5.61. The Bertz CT molecular complexity index is 697. The maximum Gasteiger partial charge on any atom is 0.261 e. The maximum absolute atomic E-state index is 13.0. The van der Waals surface area contributed by atoms with E-state index in [1.54, 1.807) is 7.05 Å². The molecule has 1 aromatic rings. The van der Waals surface area contributed by atoms with Crippen molar-refractivity contribution in [3.05, 3.63) is 28.2 Å². The van der Waals surface area contributed by atoms with Gasteiger partial charge < -0.3 is 10.5 Å². The van der Waals surface area contributed by atoms with E-state index in [1.807, 2.05) is 18.2 Å². The Hall–Kier alpha value is -1.56. The lowest BCUT2D eigenvalue weighted by molar-refractivity contribution is -0.134. The smallest absolute Gasteiger partial charge is 0.261 e. The van der Waals surface area contributed by atoms with Gasteiger partial charge in [0.2, 0.25) is 0 Å². The first-order valence-corrected chi connectivity index (χ1v) is 8.38. The Morgan fingerprint density at radius 3 is 2.73 bits per heavy atom.